The van der Waals surface area contributed by atoms with E-state index in [9.17, 15) is 4.79 Å². The van der Waals surface area contributed by atoms with Crippen molar-refractivity contribution in [1.29, 1.82) is 0 Å². The minimum atomic E-state index is -0.403. The number of rotatable bonds is 8. The molecule has 1 amide bonds. The lowest BCUT2D eigenvalue weighted by Gasteiger charge is -2.15. The maximum absolute atomic E-state index is 12.7. The Balaban J connectivity index is 1.42. The molecule has 8 heteroatoms. The molecule has 1 unspecified atom stereocenters. The summed E-state index contributed by atoms with van der Waals surface area (Å²) in [5.41, 5.74) is 1.88. The molecule has 0 radical (unpaired) electrons. The van der Waals surface area contributed by atoms with Crippen LogP contribution in [0.4, 0.5) is 0 Å². The van der Waals surface area contributed by atoms with Gasteiger partial charge in [-0.1, -0.05) is 53.7 Å². The van der Waals surface area contributed by atoms with Crippen LogP contribution in [0.15, 0.2) is 53.7 Å². The summed E-state index contributed by atoms with van der Waals surface area (Å²) in [4.78, 5) is 17.2. The molecular weight excluding hydrogens is 408 g/mol. The van der Waals surface area contributed by atoms with Crippen LogP contribution in [-0.2, 0) is 11.4 Å². The quantitative estimate of drug-likeness (QED) is 0.518. The lowest BCUT2D eigenvalue weighted by atomic mass is 10.1. The number of aromatic nitrogens is 3. The molecule has 4 rings (SSSR count). The number of H-pyrrole nitrogens is 1. The molecule has 0 bridgehead atoms. The summed E-state index contributed by atoms with van der Waals surface area (Å²) in [6.07, 6.45) is 2.09. The van der Waals surface area contributed by atoms with Gasteiger partial charge in [-0.2, -0.15) is 0 Å². The predicted octanol–water partition coefficient (Wildman–Crippen LogP) is 4.46. The minimum Gasteiger partial charge on any atom is -0.486 e. The normalized spacial score (nSPS) is 14.4. The van der Waals surface area contributed by atoms with Crippen LogP contribution in [0, 0.1) is 6.92 Å². The Hall–Kier alpha value is -2.51. The molecule has 0 saturated heterocycles. The van der Waals surface area contributed by atoms with Crippen LogP contribution in [0.5, 0.6) is 5.75 Å². The van der Waals surface area contributed by atoms with Gasteiger partial charge >= 0.3 is 0 Å². The molecule has 6 nitrogen and oxygen atoms in total. The molecule has 2 aromatic carbocycles. The van der Waals surface area contributed by atoms with Gasteiger partial charge in [-0.3, -0.25) is 9.89 Å². The van der Waals surface area contributed by atoms with E-state index >= 15 is 0 Å². The third-order valence-electron chi connectivity index (χ3n) is 4.50. The molecule has 1 aliphatic rings. The molecule has 1 saturated carbocycles. The van der Waals surface area contributed by atoms with E-state index in [2.05, 4.69) is 20.5 Å². The molecule has 3 aromatic rings. The highest BCUT2D eigenvalue weighted by Gasteiger charge is 2.30. The van der Waals surface area contributed by atoms with Gasteiger partial charge in [0.2, 0.25) is 11.1 Å². The van der Waals surface area contributed by atoms with Gasteiger partial charge in [-0.15, -0.1) is 5.10 Å². The maximum atomic E-state index is 12.7. The van der Waals surface area contributed by atoms with Gasteiger partial charge in [0.25, 0.3) is 0 Å². The summed E-state index contributed by atoms with van der Waals surface area (Å²) < 4.78 is 5.76. The number of benzene rings is 2. The number of hydrogen-bond donors (Lipinski definition) is 2. The number of thioether (sulfide) groups is 1. The average Bonchev–Trinajstić information content (AvgIpc) is 3.43. The predicted molar refractivity (Wildman–Crippen MR) is 113 cm³/mol. The third-order valence-corrected chi connectivity index (χ3v) is 6.04. The lowest BCUT2D eigenvalue weighted by molar-refractivity contribution is -0.120. The molecule has 1 atom stereocenters. The topological polar surface area (TPSA) is 79.9 Å². The number of nitrogens with zero attached hydrogens (tertiary/aromatic N) is 2. The number of ether oxygens (including phenoxy) is 1. The molecular formula is C21H21ClN4O2S. The number of nitrogens with one attached hydrogen (secondary N) is 2. The van der Waals surface area contributed by atoms with Crippen molar-refractivity contribution in [3.05, 3.63) is 70.5 Å². The Morgan fingerprint density at radius 2 is 2.10 bits per heavy atom. The summed E-state index contributed by atoms with van der Waals surface area (Å²) in [7, 11) is 0. The molecule has 29 heavy (non-hydrogen) atoms. The Morgan fingerprint density at radius 1 is 1.31 bits per heavy atom. The maximum Gasteiger partial charge on any atom is 0.238 e. The molecule has 0 aliphatic heterocycles. The Labute approximate surface area is 178 Å². The first kappa shape index (κ1) is 19.8. The summed E-state index contributed by atoms with van der Waals surface area (Å²) in [6.45, 7) is 2.17. The minimum absolute atomic E-state index is 0.0112. The fraction of sp³-hybridized carbons (Fsp3) is 0.286. The van der Waals surface area contributed by atoms with E-state index in [0.29, 0.717) is 27.8 Å². The molecule has 1 aliphatic carbocycles. The second-order valence-corrected chi connectivity index (χ2v) is 8.44. The Morgan fingerprint density at radius 3 is 2.83 bits per heavy atom. The van der Waals surface area contributed by atoms with Crippen molar-refractivity contribution in [1.82, 2.24) is 20.5 Å². The summed E-state index contributed by atoms with van der Waals surface area (Å²) in [5, 5.41) is 11.0. The second kappa shape index (κ2) is 8.88. The number of aryl methyl sites for hydroxylation is 1. The van der Waals surface area contributed by atoms with Crippen molar-refractivity contribution >= 4 is 29.3 Å². The first-order chi connectivity index (χ1) is 14.1. The van der Waals surface area contributed by atoms with Gasteiger partial charge in [0.05, 0.1) is 0 Å². The van der Waals surface area contributed by atoms with E-state index in [0.717, 1.165) is 24.0 Å². The molecule has 1 heterocycles. The number of carbonyl (C=O) groups is 1. The van der Waals surface area contributed by atoms with Gasteiger partial charge < -0.3 is 10.1 Å². The number of aromatic amines is 1. The SMILES string of the molecule is Cc1cc(OCc2nc(SC(C(=O)NC3CC3)c3ccccc3)n[nH]2)ccc1Cl. The molecule has 0 spiro atoms. The zero-order valence-electron chi connectivity index (χ0n) is 15.9. The highest BCUT2D eigenvalue weighted by atomic mass is 35.5. The van der Waals surface area contributed by atoms with E-state index in [-0.39, 0.29) is 12.5 Å². The van der Waals surface area contributed by atoms with E-state index in [1.54, 1.807) is 6.07 Å². The number of carbonyl (C=O) groups excluding carboxylic acids is 1. The molecule has 1 aromatic heterocycles. The van der Waals surface area contributed by atoms with Crippen LogP contribution >= 0.6 is 23.4 Å². The number of halogens is 1. The van der Waals surface area contributed by atoms with Crippen LogP contribution < -0.4 is 10.1 Å². The zero-order valence-corrected chi connectivity index (χ0v) is 17.5. The van der Waals surface area contributed by atoms with Crippen molar-refractivity contribution in [2.45, 2.75) is 42.8 Å². The summed E-state index contributed by atoms with van der Waals surface area (Å²) in [5.74, 6) is 1.29. The summed E-state index contributed by atoms with van der Waals surface area (Å²) >= 11 is 7.37. The van der Waals surface area contributed by atoms with Gasteiger partial charge in [0.1, 0.15) is 17.6 Å². The summed E-state index contributed by atoms with van der Waals surface area (Å²) in [6, 6.07) is 15.5. The van der Waals surface area contributed by atoms with Crippen molar-refractivity contribution in [2.24, 2.45) is 0 Å². The molecule has 150 valence electrons. The zero-order chi connectivity index (χ0) is 20.2. The van der Waals surface area contributed by atoms with Crippen LogP contribution in [0.3, 0.4) is 0 Å². The standard InChI is InChI=1S/C21H21ClN4O2S/c1-13-11-16(9-10-17(13)22)28-12-18-24-21(26-25-18)29-19(14-5-3-2-4-6-14)20(27)23-15-7-8-15/h2-6,9-11,15,19H,7-8,12H2,1H3,(H,23,27)(H,24,25,26). The van der Waals surface area contributed by atoms with Gasteiger partial charge in [0, 0.05) is 11.1 Å². The van der Waals surface area contributed by atoms with E-state index in [1.165, 1.54) is 11.8 Å². The number of hydrogen-bond acceptors (Lipinski definition) is 5. The Bertz CT molecular complexity index is 991. The van der Waals surface area contributed by atoms with Crippen LogP contribution in [0.25, 0.3) is 0 Å². The fourth-order valence-electron chi connectivity index (χ4n) is 2.76. The second-order valence-electron chi connectivity index (χ2n) is 6.96. The Kier molecular flexibility index (Phi) is 6.06. The first-order valence-electron chi connectivity index (χ1n) is 9.40. The van der Waals surface area contributed by atoms with Gasteiger partial charge in [-0.25, -0.2) is 4.98 Å². The van der Waals surface area contributed by atoms with Crippen molar-refractivity contribution in [3.8, 4) is 5.75 Å². The van der Waals surface area contributed by atoms with Crippen molar-refractivity contribution in [3.63, 3.8) is 0 Å². The van der Waals surface area contributed by atoms with Crippen LogP contribution in [-0.4, -0.2) is 27.1 Å². The van der Waals surface area contributed by atoms with E-state index in [1.807, 2.05) is 49.4 Å². The number of amides is 1. The molecule has 2 N–H and O–H groups in total. The van der Waals surface area contributed by atoms with E-state index in [4.69, 9.17) is 16.3 Å². The van der Waals surface area contributed by atoms with E-state index < -0.39 is 5.25 Å². The fourth-order valence-corrected chi connectivity index (χ4v) is 3.82. The highest BCUT2D eigenvalue weighted by molar-refractivity contribution is 8.00. The monoisotopic (exact) mass is 428 g/mol. The molecule has 1 fully saturated rings. The average molecular weight is 429 g/mol. The third kappa shape index (κ3) is 5.31. The highest BCUT2D eigenvalue weighted by Crippen LogP contribution is 2.34. The van der Waals surface area contributed by atoms with Gasteiger partial charge in [0.15, 0.2) is 5.82 Å². The van der Waals surface area contributed by atoms with Gasteiger partial charge in [-0.05, 0) is 49.1 Å². The van der Waals surface area contributed by atoms with Crippen LogP contribution in [0.1, 0.15) is 35.0 Å². The van der Waals surface area contributed by atoms with Crippen molar-refractivity contribution in [2.75, 3.05) is 0 Å². The first-order valence-corrected chi connectivity index (χ1v) is 10.7. The largest absolute Gasteiger partial charge is 0.486 e. The lowest BCUT2D eigenvalue weighted by Crippen LogP contribution is -2.29. The van der Waals surface area contributed by atoms with Crippen molar-refractivity contribution < 1.29 is 9.53 Å². The van der Waals surface area contributed by atoms with Crippen LogP contribution in [0.2, 0.25) is 5.02 Å². The smallest absolute Gasteiger partial charge is 0.238 e.